The summed E-state index contributed by atoms with van der Waals surface area (Å²) in [4.78, 5) is 4.38. The van der Waals surface area contributed by atoms with Crippen molar-refractivity contribution in [1.82, 2.24) is 0 Å². The summed E-state index contributed by atoms with van der Waals surface area (Å²) in [5, 5.41) is 0. The average Bonchev–Trinajstić information content (AvgIpc) is 1.81. The van der Waals surface area contributed by atoms with Crippen molar-refractivity contribution in [3.05, 3.63) is 11.3 Å². The summed E-state index contributed by atoms with van der Waals surface area (Å²) in [5.41, 5.74) is 1.13. The first kappa shape index (κ1) is 8.31. The van der Waals surface area contributed by atoms with Crippen LogP contribution >= 0.6 is 0 Å². The van der Waals surface area contributed by atoms with E-state index < -0.39 is 0 Å². The first-order valence-electron chi connectivity index (χ1n) is 3.86. The highest BCUT2D eigenvalue weighted by Gasteiger charge is 2.25. The lowest BCUT2D eigenvalue weighted by atomic mass is 9.94. The number of aliphatic imine (C=N–C) groups is 1. The molecular weight excluding hydrogens is 138 g/mol. The molecule has 0 aromatic rings. The van der Waals surface area contributed by atoms with E-state index in [4.69, 9.17) is 4.74 Å². The minimum atomic E-state index is -0.0770. The molecule has 0 spiro atoms. The minimum Gasteiger partial charge on any atom is -0.448 e. The molecule has 0 aromatic heterocycles. The van der Waals surface area contributed by atoms with Crippen molar-refractivity contribution in [1.29, 1.82) is 0 Å². The molecule has 62 valence electrons. The Morgan fingerprint density at radius 3 is 2.18 bits per heavy atom. The van der Waals surface area contributed by atoms with Crippen LogP contribution in [0.1, 0.15) is 34.6 Å². The van der Waals surface area contributed by atoms with E-state index in [1.165, 1.54) is 5.57 Å². The summed E-state index contributed by atoms with van der Waals surface area (Å²) in [5.74, 6) is 1.75. The van der Waals surface area contributed by atoms with E-state index in [0.717, 1.165) is 11.7 Å². The van der Waals surface area contributed by atoms with Crippen LogP contribution in [-0.4, -0.2) is 11.4 Å². The summed E-state index contributed by atoms with van der Waals surface area (Å²) in [6.45, 7) is 10.1. The minimum absolute atomic E-state index is 0.0770. The zero-order valence-corrected chi connectivity index (χ0v) is 7.86. The second-order valence-electron chi connectivity index (χ2n) is 3.47. The lowest BCUT2D eigenvalue weighted by Crippen LogP contribution is -2.26. The van der Waals surface area contributed by atoms with E-state index in [0.29, 0.717) is 0 Å². The van der Waals surface area contributed by atoms with Gasteiger partial charge < -0.3 is 4.74 Å². The molecule has 0 atom stereocenters. The third-order valence-corrected chi connectivity index (χ3v) is 2.18. The lowest BCUT2D eigenvalue weighted by Gasteiger charge is -2.28. The normalized spacial score (nSPS) is 22.8. The molecule has 0 fully saturated rings. The molecule has 0 N–H and O–H groups in total. The fourth-order valence-corrected chi connectivity index (χ4v) is 1.23. The fraction of sp³-hybridized carbons (Fsp3) is 0.667. The van der Waals surface area contributed by atoms with Gasteiger partial charge in [0.2, 0.25) is 0 Å². The number of nitrogens with zero attached hydrogens (tertiary/aromatic N) is 1. The molecule has 0 saturated heterocycles. The second kappa shape index (κ2) is 2.36. The molecule has 11 heavy (non-hydrogen) atoms. The fourth-order valence-electron chi connectivity index (χ4n) is 1.23. The third-order valence-electron chi connectivity index (χ3n) is 2.18. The van der Waals surface area contributed by atoms with Crippen molar-refractivity contribution < 1.29 is 4.74 Å². The van der Waals surface area contributed by atoms with Crippen LogP contribution in [0.3, 0.4) is 0 Å². The molecule has 0 saturated carbocycles. The Hall–Kier alpha value is -0.790. The van der Waals surface area contributed by atoms with Gasteiger partial charge in [0.15, 0.2) is 5.90 Å². The van der Waals surface area contributed by atoms with Gasteiger partial charge in [0.1, 0.15) is 5.76 Å². The van der Waals surface area contributed by atoms with E-state index in [-0.39, 0.29) is 5.54 Å². The number of hydrogen-bond acceptors (Lipinski definition) is 2. The van der Waals surface area contributed by atoms with Crippen LogP contribution in [0.4, 0.5) is 0 Å². The van der Waals surface area contributed by atoms with Crippen molar-refractivity contribution in [3.63, 3.8) is 0 Å². The molecule has 0 radical (unpaired) electrons. The summed E-state index contributed by atoms with van der Waals surface area (Å²) in [6, 6.07) is 0. The van der Waals surface area contributed by atoms with Crippen LogP contribution in [0, 0.1) is 0 Å². The van der Waals surface area contributed by atoms with E-state index in [2.05, 4.69) is 25.8 Å². The second-order valence-corrected chi connectivity index (χ2v) is 3.47. The van der Waals surface area contributed by atoms with E-state index >= 15 is 0 Å². The van der Waals surface area contributed by atoms with Gasteiger partial charge in [-0.1, -0.05) is 0 Å². The molecule has 0 aromatic carbocycles. The van der Waals surface area contributed by atoms with Gasteiger partial charge >= 0.3 is 0 Å². The summed E-state index contributed by atoms with van der Waals surface area (Å²) < 4.78 is 5.36. The maximum absolute atomic E-state index is 5.36. The Labute approximate surface area is 68.0 Å². The quantitative estimate of drug-likeness (QED) is 0.524. The van der Waals surface area contributed by atoms with Crippen molar-refractivity contribution in [2.75, 3.05) is 0 Å². The predicted molar refractivity (Wildman–Crippen MR) is 46.6 cm³/mol. The zero-order valence-electron chi connectivity index (χ0n) is 7.86. The van der Waals surface area contributed by atoms with Crippen LogP contribution in [0.25, 0.3) is 0 Å². The van der Waals surface area contributed by atoms with Crippen LogP contribution < -0.4 is 0 Å². The summed E-state index contributed by atoms with van der Waals surface area (Å²) in [7, 11) is 0. The Bertz CT molecular complexity index is 236. The van der Waals surface area contributed by atoms with E-state index in [9.17, 15) is 0 Å². The first-order valence-corrected chi connectivity index (χ1v) is 3.86. The van der Waals surface area contributed by atoms with Crippen molar-refractivity contribution in [3.8, 4) is 0 Å². The van der Waals surface area contributed by atoms with Gasteiger partial charge in [-0.2, -0.15) is 0 Å². The number of allylic oxidation sites excluding steroid dienone is 1. The molecule has 1 aliphatic rings. The van der Waals surface area contributed by atoms with Gasteiger partial charge in [-0.15, -0.1) is 0 Å². The molecular formula is C9H15NO. The van der Waals surface area contributed by atoms with Crippen LogP contribution in [0.15, 0.2) is 16.3 Å². The maximum Gasteiger partial charge on any atom is 0.187 e. The van der Waals surface area contributed by atoms with Gasteiger partial charge in [0.05, 0.1) is 5.54 Å². The van der Waals surface area contributed by atoms with Gasteiger partial charge in [0, 0.05) is 6.92 Å². The topological polar surface area (TPSA) is 21.6 Å². The van der Waals surface area contributed by atoms with E-state index in [1.54, 1.807) is 0 Å². The predicted octanol–water partition coefficient (Wildman–Crippen LogP) is 2.51. The van der Waals surface area contributed by atoms with Crippen molar-refractivity contribution in [2.45, 2.75) is 40.2 Å². The number of rotatable bonds is 0. The summed E-state index contributed by atoms with van der Waals surface area (Å²) >= 11 is 0. The molecule has 2 heteroatoms. The van der Waals surface area contributed by atoms with Crippen LogP contribution in [0.5, 0.6) is 0 Å². The smallest absolute Gasteiger partial charge is 0.187 e. The molecule has 1 rings (SSSR count). The zero-order chi connectivity index (χ0) is 8.65. The molecule has 0 bridgehead atoms. The van der Waals surface area contributed by atoms with Crippen molar-refractivity contribution >= 4 is 5.90 Å². The highest BCUT2D eigenvalue weighted by atomic mass is 16.5. The lowest BCUT2D eigenvalue weighted by molar-refractivity contribution is 0.362. The van der Waals surface area contributed by atoms with Crippen molar-refractivity contribution in [2.24, 2.45) is 4.99 Å². The van der Waals surface area contributed by atoms with Gasteiger partial charge in [-0.05, 0) is 33.3 Å². The van der Waals surface area contributed by atoms with Crippen LogP contribution in [0.2, 0.25) is 0 Å². The first-order chi connectivity index (χ1) is 4.93. The standard InChI is InChI=1S/C9H15NO/c1-6-7(2)11-8(3)10-9(6,4)5/h1-5H3. The Kier molecular flexibility index (Phi) is 1.78. The average molecular weight is 153 g/mol. The highest BCUT2D eigenvalue weighted by molar-refractivity contribution is 5.76. The third kappa shape index (κ3) is 1.44. The molecule has 0 amide bonds. The molecule has 2 nitrogen and oxygen atoms in total. The Morgan fingerprint density at radius 1 is 1.18 bits per heavy atom. The van der Waals surface area contributed by atoms with Gasteiger partial charge in [-0.3, -0.25) is 0 Å². The maximum atomic E-state index is 5.36. The number of ether oxygens (including phenoxy) is 1. The monoisotopic (exact) mass is 153 g/mol. The molecule has 1 heterocycles. The highest BCUT2D eigenvalue weighted by Crippen LogP contribution is 2.28. The molecule has 0 aliphatic carbocycles. The summed E-state index contributed by atoms with van der Waals surface area (Å²) in [6.07, 6.45) is 0. The molecule has 0 unspecified atom stereocenters. The Balaban J connectivity index is 3.04. The Morgan fingerprint density at radius 2 is 1.73 bits per heavy atom. The largest absolute Gasteiger partial charge is 0.448 e. The van der Waals surface area contributed by atoms with E-state index in [1.807, 2.05) is 13.8 Å². The van der Waals surface area contributed by atoms with Crippen LogP contribution in [-0.2, 0) is 4.74 Å². The van der Waals surface area contributed by atoms with Gasteiger partial charge in [0.25, 0.3) is 0 Å². The van der Waals surface area contributed by atoms with Gasteiger partial charge in [-0.25, -0.2) is 4.99 Å². The number of hydrogen-bond donors (Lipinski definition) is 0. The SMILES string of the molecule is CC1=NC(C)(C)C(C)=C(C)O1. The molecule has 1 aliphatic heterocycles.